The van der Waals surface area contributed by atoms with Crippen LogP contribution in [-0.4, -0.2) is 11.7 Å². The van der Waals surface area contributed by atoms with Crippen LogP contribution < -0.4 is 5.73 Å². The molecule has 0 radical (unpaired) electrons. The van der Waals surface area contributed by atoms with Gasteiger partial charge < -0.3 is 10.8 Å². The number of hydrogen-bond acceptors (Lipinski definition) is 2. The predicted octanol–water partition coefficient (Wildman–Crippen LogP) is 1.74. The van der Waals surface area contributed by atoms with E-state index in [1.165, 1.54) is 0 Å². The minimum atomic E-state index is -0.909. The van der Waals surface area contributed by atoms with Gasteiger partial charge in [0.15, 0.2) is 0 Å². The Morgan fingerprint density at radius 2 is 1.93 bits per heavy atom. The SMILES string of the molecule is Cc1cc(C)c(F)c(C(O)CN)c1C. The minimum absolute atomic E-state index is 0.0423. The largest absolute Gasteiger partial charge is 0.387 e. The first-order valence-corrected chi connectivity index (χ1v) is 4.63. The van der Waals surface area contributed by atoms with E-state index in [0.29, 0.717) is 11.1 Å². The molecule has 0 aliphatic rings. The highest BCUT2D eigenvalue weighted by molar-refractivity contribution is 5.40. The molecule has 0 aliphatic carbocycles. The molecular formula is C11H16FNO. The van der Waals surface area contributed by atoms with Gasteiger partial charge in [0.2, 0.25) is 0 Å². The van der Waals surface area contributed by atoms with Crippen LogP contribution in [0.3, 0.4) is 0 Å². The fraction of sp³-hybridized carbons (Fsp3) is 0.455. The summed E-state index contributed by atoms with van der Waals surface area (Å²) in [7, 11) is 0. The van der Waals surface area contributed by atoms with E-state index in [9.17, 15) is 9.50 Å². The molecular weight excluding hydrogens is 181 g/mol. The van der Waals surface area contributed by atoms with E-state index in [1.807, 2.05) is 6.92 Å². The second-order valence-corrected chi connectivity index (χ2v) is 3.61. The molecule has 78 valence electrons. The highest BCUT2D eigenvalue weighted by Gasteiger charge is 2.17. The number of halogens is 1. The van der Waals surface area contributed by atoms with Gasteiger partial charge in [-0.2, -0.15) is 0 Å². The van der Waals surface area contributed by atoms with Gasteiger partial charge in [-0.3, -0.25) is 0 Å². The standard InChI is InChI=1S/C11H16FNO/c1-6-4-7(2)11(12)10(8(6)3)9(14)5-13/h4,9,14H,5,13H2,1-3H3. The zero-order valence-electron chi connectivity index (χ0n) is 8.76. The monoisotopic (exact) mass is 197 g/mol. The van der Waals surface area contributed by atoms with Crippen molar-refractivity contribution in [2.24, 2.45) is 5.73 Å². The van der Waals surface area contributed by atoms with E-state index in [1.54, 1.807) is 19.9 Å². The van der Waals surface area contributed by atoms with Crippen molar-refractivity contribution in [2.75, 3.05) is 6.54 Å². The average Bonchev–Trinajstić information content (AvgIpc) is 2.15. The van der Waals surface area contributed by atoms with Gasteiger partial charge >= 0.3 is 0 Å². The van der Waals surface area contributed by atoms with Crippen LogP contribution in [0, 0.1) is 26.6 Å². The second kappa shape index (κ2) is 4.07. The first kappa shape index (κ1) is 11.1. The molecule has 0 saturated carbocycles. The lowest BCUT2D eigenvalue weighted by molar-refractivity contribution is 0.180. The van der Waals surface area contributed by atoms with Crippen molar-refractivity contribution in [1.29, 1.82) is 0 Å². The summed E-state index contributed by atoms with van der Waals surface area (Å²) in [5.41, 5.74) is 7.98. The molecule has 1 aromatic rings. The maximum absolute atomic E-state index is 13.7. The lowest BCUT2D eigenvalue weighted by Gasteiger charge is -2.16. The van der Waals surface area contributed by atoms with Crippen molar-refractivity contribution in [2.45, 2.75) is 26.9 Å². The normalized spacial score (nSPS) is 13.0. The molecule has 0 bridgehead atoms. The Morgan fingerprint density at radius 3 is 2.43 bits per heavy atom. The van der Waals surface area contributed by atoms with Gasteiger partial charge in [-0.15, -0.1) is 0 Å². The first-order valence-electron chi connectivity index (χ1n) is 4.63. The molecule has 2 nitrogen and oxygen atoms in total. The summed E-state index contributed by atoms with van der Waals surface area (Å²) in [6.07, 6.45) is -0.909. The van der Waals surface area contributed by atoms with Gasteiger partial charge in [-0.05, 0) is 37.5 Å². The summed E-state index contributed by atoms with van der Waals surface area (Å²) in [6.45, 7) is 5.43. The molecule has 3 N–H and O–H groups in total. The van der Waals surface area contributed by atoms with E-state index in [4.69, 9.17) is 5.73 Å². The van der Waals surface area contributed by atoms with Gasteiger partial charge in [0.05, 0.1) is 6.10 Å². The van der Waals surface area contributed by atoms with Crippen molar-refractivity contribution in [3.05, 3.63) is 34.1 Å². The van der Waals surface area contributed by atoms with Crippen LogP contribution in [0.1, 0.15) is 28.4 Å². The van der Waals surface area contributed by atoms with Gasteiger partial charge in [0, 0.05) is 12.1 Å². The third-order valence-electron chi connectivity index (χ3n) is 2.57. The van der Waals surface area contributed by atoms with Crippen LogP contribution >= 0.6 is 0 Å². The maximum atomic E-state index is 13.7. The molecule has 1 aromatic carbocycles. The lowest BCUT2D eigenvalue weighted by Crippen LogP contribution is -2.15. The number of hydrogen-bond donors (Lipinski definition) is 2. The maximum Gasteiger partial charge on any atom is 0.132 e. The average molecular weight is 197 g/mol. The highest BCUT2D eigenvalue weighted by Crippen LogP contribution is 2.25. The molecule has 14 heavy (non-hydrogen) atoms. The van der Waals surface area contributed by atoms with Crippen molar-refractivity contribution in [3.63, 3.8) is 0 Å². The summed E-state index contributed by atoms with van der Waals surface area (Å²) in [4.78, 5) is 0. The zero-order chi connectivity index (χ0) is 10.9. The smallest absolute Gasteiger partial charge is 0.132 e. The number of aliphatic hydroxyl groups excluding tert-OH is 1. The molecule has 1 unspecified atom stereocenters. The van der Waals surface area contributed by atoms with Gasteiger partial charge in [0.25, 0.3) is 0 Å². The van der Waals surface area contributed by atoms with E-state index < -0.39 is 6.10 Å². The fourth-order valence-corrected chi connectivity index (χ4v) is 1.60. The minimum Gasteiger partial charge on any atom is -0.387 e. The first-order chi connectivity index (χ1) is 6.49. The second-order valence-electron chi connectivity index (χ2n) is 3.61. The topological polar surface area (TPSA) is 46.2 Å². The van der Waals surface area contributed by atoms with E-state index in [2.05, 4.69) is 0 Å². The molecule has 1 rings (SSSR count). The highest BCUT2D eigenvalue weighted by atomic mass is 19.1. The summed E-state index contributed by atoms with van der Waals surface area (Å²) in [5, 5.41) is 9.57. The lowest BCUT2D eigenvalue weighted by atomic mass is 9.95. The van der Waals surface area contributed by atoms with Crippen molar-refractivity contribution in [3.8, 4) is 0 Å². The summed E-state index contributed by atoms with van der Waals surface area (Å²) >= 11 is 0. The Balaban J connectivity index is 3.39. The Morgan fingerprint density at radius 1 is 1.36 bits per heavy atom. The van der Waals surface area contributed by atoms with Crippen LogP contribution in [0.25, 0.3) is 0 Å². The Labute approximate surface area is 83.6 Å². The third-order valence-corrected chi connectivity index (χ3v) is 2.57. The summed E-state index contributed by atoms with van der Waals surface area (Å²) in [6, 6.07) is 1.78. The number of nitrogens with two attached hydrogens (primary N) is 1. The van der Waals surface area contributed by atoms with Crippen molar-refractivity contribution in [1.82, 2.24) is 0 Å². The number of rotatable bonds is 2. The molecule has 1 atom stereocenters. The number of aliphatic hydroxyl groups is 1. The van der Waals surface area contributed by atoms with Crippen LogP contribution in [-0.2, 0) is 0 Å². The number of benzene rings is 1. The van der Waals surface area contributed by atoms with Crippen LogP contribution in [0.4, 0.5) is 4.39 Å². The quantitative estimate of drug-likeness (QED) is 0.758. The molecule has 3 heteroatoms. The van der Waals surface area contributed by atoms with Crippen LogP contribution in [0.15, 0.2) is 6.07 Å². The van der Waals surface area contributed by atoms with Crippen molar-refractivity contribution >= 4 is 0 Å². The van der Waals surface area contributed by atoms with Crippen LogP contribution in [0.2, 0.25) is 0 Å². The van der Waals surface area contributed by atoms with E-state index >= 15 is 0 Å². The van der Waals surface area contributed by atoms with E-state index in [0.717, 1.165) is 11.1 Å². The van der Waals surface area contributed by atoms with Gasteiger partial charge in [0.1, 0.15) is 5.82 Å². The molecule has 0 fully saturated rings. The van der Waals surface area contributed by atoms with Crippen molar-refractivity contribution < 1.29 is 9.50 Å². The Bertz CT molecular complexity index is 323. The predicted molar refractivity (Wildman–Crippen MR) is 54.6 cm³/mol. The molecule has 0 aliphatic heterocycles. The fourth-order valence-electron chi connectivity index (χ4n) is 1.60. The molecule has 0 saturated heterocycles. The molecule has 0 spiro atoms. The summed E-state index contributed by atoms with van der Waals surface area (Å²) < 4.78 is 13.7. The van der Waals surface area contributed by atoms with Crippen LogP contribution in [0.5, 0.6) is 0 Å². The molecule has 0 heterocycles. The third kappa shape index (κ3) is 1.79. The number of aryl methyl sites for hydroxylation is 2. The molecule has 0 aromatic heterocycles. The summed E-state index contributed by atoms with van der Waals surface area (Å²) in [5.74, 6) is -0.342. The zero-order valence-corrected chi connectivity index (χ0v) is 8.76. The van der Waals surface area contributed by atoms with E-state index in [-0.39, 0.29) is 12.4 Å². The Kier molecular flexibility index (Phi) is 3.24. The Hall–Kier alpha value is -0.930. The van der Waals surface area contributed by atoms with Gasteiger partial charge in [-0.25, -0.2) is 4.39 Å². The molecule has 0 amide bonds. The van der Waals surface area contributed by atoms with Gasteiger partial charge in [-0.1, -0.05) is 6.07 Å².